The van der Waals surface area contributed by atoms with Crippen LogP contribution >= 0.6 is 15.6 Å². The largest absolute Gasteiger partial charge is 0.472 e. The van der Waals surface area contributed by atoms with Crippen LogP contribution in [-0.2, 0) is 65.4 Å². The van der Waals surface area contributed by atoms with E-state index in [0.29, 0.717) is 25.7 Å². The van der Waals surface area contributed by atoms with Crippen molar-refractivity contribution in [2.24, 2.45) is 17.8 Å². The van der Waals surface area contributed by atoms with Crippen LogP contribution in [0.1, 0.15) is 376 Å². The lowest BCUT2D eigenvalue weighted by atomic mass is 10.0. The van der Waals surface area contributed by atoms with Crippen LogP contribution in [0.3, 0.4) is 0 Å². The summed E-state index contributed by atoms with van der Waals surface area (Å²) in [5.41, 5.74) is 0. The summed E-state index contributed by atoms with van der Waals surface area (Å²) >= 11 is 0. The third-order valence-corrected chi connectivity index (χ3v) is 19.0. The molecule has 0 bridgehead atoms. The van der Waals surface area contributed by atoms with Crippen molar-refractivity contribution in [1.82, 2.24) is 0 Å². The molecule has 552 valence electrons. The van der Waals surface area contributed by atoms with E-state index in [4.69, 9.17) is 37.0 Å². The van der Waals surface area contributed by atoms with Crippen LogP contribution in [0.5, 0.6) is 0 Å². The third kappa shape index (κ3) is 68.4. The van der Waals surface area contributed by atoms with E-state index in [9.17, 15) is 43.2 Å². The lowest BCUT2D eigenvalue weighted by Gasteiger charge is -2.21. The van der Waals surface area contributed by atoms with Crippen molar-refractivity contribution in [1.29, 1.82) is 0 Å². The Hall–Kier alpha value is -1.94. The molecule has 0 aliphatic carbocycles. The lowest BCUT2D eigenvalue weighted by Crippen LogP contribution is -2.30. The van der Waals surface area contributed by atoms with Crippen LogP contribution in [0.25, 0.3) is 0 Å². The molecular weight excluding hydrogens is 1220 g/mol. The number of aliphatic hydroxyl groups is 1. The van der Waals surface area contributed by atoms with Gasteiger partial charge in [0.15, 0.2) is 12.2 Å². The molecule has 0 saturated heterocycles. The highest BCUT2D eigenvalue weighted by molar-refractivity contribution is 7.47. The van der Waals surface area contributed by atoms with Crippen LogP contribution in [-0.4, -0.2) is 96.7 Å². The van der Waals surface area contributed by atoms with E-state index in [1.54, 1.807) is 0 Å². The summed E-state index contributed by atoms with van der Waals surface area (Å²) in [6.45, 7) is 11.9. The molecule has 93 heavy (non-hydrogen) atoms. The fourth-order valence-electron chi connectivity index (χ4n) is 11.2. The minimum Gasteiger partial charge on any atom is -0.462 e. The van der Waals surface area contributed by atoms with Crippen LogP contribution in [0.15, 0.2) is 0 Å². The lowest BCUT2D eigenvalue weighted by molar-refractivity contribution is -0.161. The maximum atomic E-state index is 13.1. The average Bonchev–Trinajstić information content (AvgIpc) is 1.60. The monoisotopic (exact) mass is 1370 g/mol. The highest BCUT2D eigenvalue weighted by Gasteiger charge is 2.30. The number of rotatable bonds is 72. The second kappa shape index (κ2) is 64.7. The average molecular weight is 1370 g/mol. The Morgan fingerprint density at radius 1 is 0.290 bits per heavy atom. The van der Waals surface area contributed by atoms with Gasteiger partial charge in [-0.3, -0.25) is 37.3 Å². The van der Waals surface area contributed by atoms with Gasteiger partial charge >= 0.3 is 39.5 Å². The second-order valence-electron chi connectivity index (χ2n) is 28.1. The van der Waals surface area contributed by atoms with Crippen molar-refractivity contribution in [2.45, 2.75) is 394 Å². The molecule has 19 heteroatoms. The van der Waals surface area contributed by atoms with Gasteiger partial charge in [-0.25, -0.2) is 9.13 Å². The van der Waals surface area contributed by atoms with Gasteiger partial charge in [-0.2, -0.15) is 0 Å². The molecule has 0 heterocycles. The standard InChI is InChI=1S/C74H144O17P2/c1-8-9-10-11-12-24-34-41-48-55-71(76)84-61-69(91-74(79)58-51-44-37-30-23-27-33-40-47-54-67(6)7)63-88-92(80,81)86-59-68(75)60-87-93(82,83)89-64-70(62-85-72(77)56-49-42-35-28-22-18-20-26-32-39-46-53-66(4)5)90-73(78)57-50-43-36-29-21-17-15-13-14-16-19-25-31-38-45-52-65(2)3/h65-70,75H,8-64H2,1-7H3,(H,80,81)(H,82,83)/t68-,69+,70+/m0/s1. The normalized spacial score (nSPS) is 14.1. The van der Waals surface area contributed by atoms with Gasteiger partial charge in [-0.1, -0.05) is 325 Å². The number of carbonyl (C=O) groups is 4. The summed E-state index contributed by atoms with van der Waals surface area (Å²) in [5, 5.41) is 10.6. The summed E-state index contributed by atoms with van der Waals surface area (Å²) in [6.07, 6.45) is 49.9. The van der Waals surface area contributed by atoms with E-state index in [0.717, 1.165) is 108 Å². The zero-order valence-electron chi connectivity index (χ0n) is 60.7. The molecule has 0 spiro atoms. The van der Waals surface area contributed by atoms with Gasteiger partial charge in [0.25, 0.3) is 0 Å². The van der Waals surface area contributed by atoms with Crippen LogP contribution in [0.4, 0.5) is 0 Å². The molecule has 0 rings (SSSR count). The molecule has 3 N–H and O–H groups in total. The predicted octanol–water partition coefficient (Wildman–Crippen LogP) is 21.4. The number of phosphoric ester groups is 2. The number of unbranched alkanes of at least 4 members (excludes halogenated alkanes) is 40. The number of esters is 4. The Morgan fingerprint density at radius 3 is 0.731 bits per heavy atom. The fourth-order valence-corrected chi connectivity index (χ4v) is 12.8. The van der Waals surface area contributed by atoms with Crippen LogP contribution in [0, 0.1) is 17.8 Å². The summed E-state index contributed by atoms with van der Waals surface area (Å²) < 4.78 is 68.4. The predicted molar refractivity (Wildman–Crippen MR) is 377 cm³/mol. The smallest absolute Gasteiger partial charge is 0.462 e. The minimum atomic E-state index is -4.96. The first-order valence-electron chi connectivity index (χ1n) is 38.3. The molecule has 5 atom stereocenters. The quantitative estimate of drug-likeness (QED) is 0.0222. The molecule has 0 fully saturated rings. The van der Waals surface area contributed by atoms with Gasteiger partial charge < -0.3 is 33.8 Å². The summed E-state index contributed by atoms with van der Waals surface area (Å²) in [5.74, 6) is 0.189. The van der Waals surface area contributed by atoms with Crippen molar-refractivity contribution >= 4 is 39.5 Å². The maximum absolute atomic E-state index is 13.1. The number of hydrogen-bond donors (Lipinski definition) is 3. The molecule has 0 amide bonds. The van der Waals surface area contributed by atoms with Crippen molar-refractivity contribution in [2.75, 3.05) is 39.6 Å². The summed E-state index contributed by atoms with van der Waals surface area (Å²) in [7, 11) is -9.91. The van der Waals surface area contributed by atoms with E-state index in [-0.39, 0.29) is 25.7 Å². The second-order valence-corrected chi connectivity index (χ2v) is 31.0. The highest BCUT2D eigenvalue weighted by atomic mass is 31.2. The molecule has 2 unspecified atom stereocenters. The molecule has 0 radical (unpaired) electrons. The number of carbonyl (C=O) groups excluding carboxylic acids is 4. The van der Waals surface area contributed by atoms with E-state index in [2.05, 4.69) is 48.5 Å². The van der Waals surface area contributed by atoms with Gasteiger partial charge in [0.2, 0.25) is 0 Å². The highest BCUT2D eigenvalue weighted by Crippen LogP contribution is 2.45. The van der Waals surface area contributed by atoms with E-state index in [1.165, 1.54) is 186 Å². The molecule has 0 aliphatic heterocycles. The Bertz CT molecular complexity index is 1820. The molecule has 0 aromatic carbocycles. The Balaban J connectivity index is 5.23. The summed E-state index contributed by atoms with van der Waals surface area (Å²) in [4.78, 5) is 72.7. The van der Waals surface area contributed by atoms with Crippen molar-refractivity contribution < 1.29 is 80.2 Å². The zero-order valence-corrected chi connectivity index (χ0v) is 62.5. The van der Waals surface area contributed by atoms with Gasteiger partial charge in [0.05, 0.1) is 26.4 Å². The fraction of sp³-hybridized carbons (Fsp3) is 0.946. The first-order valence-corrected chi connectivity index (χ1v) is 41.3. The van der Waals surface area contributed by atoms with E-state index in [1.807, 2.05) is 0 Å². The minimum absolute atomic E-state index is 0.105. The number of ether oxygens (including phenoxy) is 4. The number of hydrogen-bond acceptors (Lipinski definition) is 15. The Morgan fingerprint density at radius 2 is 0.495 bits per heavy atom. The van der Waals surface area contributed by atoms with Gasteiger partial charge in [-0.05, 0) is 43.4 Å². The molecule has 0 aromatic heterocycles. The maximum Gasteiger partial charge on any atom is 0.472 e. The van der Waals surface area contributed by atoms with E-state index < -0.39 is 97.5 Å². The van der Waals surface area contributed by atoms with Gasteiger partial charge in [0.1, 0.15) is 19.3 Å². The van der Waals surface area contributed by atoms with Crippen LogP contribution < -0.4 is 0 Å². The Labute approximate surface area is 568 Å². The van der Waals surface area contributed by atoms with Gasteiger partial charge in [-0.15, -0.1) is 0 Å². The molecule has 17 nitrogen and oxygen atoms in total. The van der Waals surface area contributed by atoms with Gasteiger partial charge in [0, 0.05) is 25.7 Å². The first kappa shape index (κ1) is 91.1. The Kier molecular flexibility index (Phi) is 63.4. The molecule has 0 aromatic rings. The number of aliphatic hydroxyl groups excluding tert-OH is 1. The SMILES string of the molecule is CCCCCCCCCCCC(=O)OC[C@H](COP(=O)(O)OC[C@H](O)COP(=O)(O)OC[C@@H](COC(=O)CCCCCCCCCCCCCC(C)C)OC(=O)CCCCCCCCCCCCCCCCCC(C)C)OC(=O)CCCCCCCCCCCC(C)C. The molecule has 0 aliphatic rings. The number of phosphoric acid groups is 2. The van der Waals surface area contributed by atoms with E-state index >= 15 is 0 Å². The first-order chi connectivity index (χ1) is 44.7. The van der Waals surface area contributed by atoms with Crippen molar-refractivity contribution in [3.05, 3.63) is 0 Å². The summed E-state index contributed by atoms with van der Waals surface area (Å²) in [6, 6.07) is 0. The van der Waals surface area contributed by atoms with Crippen LogP contribution in [0.2, 0.25) is 0 Å². The topological polar surface area (TPSA) is 237 Å². The van der Waals surface area contributed by atoms with Crippen molar-refractivity contribution in [3.63, 3.8) is 0 Å². The molecular formula is C74H144O17P2. The third-order valence-electron chi connectivity index (χ3n) is 17.1. The molecule has 0 saturated carbocycles. The van der Waals surface area contributed by atoms with Crippen molar-refractivity contribution in [3.8, 4) is 0 Å². The zero-order chi connectivity index (χ0) is 68.7.